The molecule has 0 aromatic carbocycles. The van der Waals surface area contributed by atoms with Crippen molar-refractivity contribution < 1.29 is 9.90 Å². The zero-order chi connectivity index (χ0) is 9.42. The van der Waals surface area contributed by atoms with Crippen molar-refractivity contribution in [2.45, 2.75) is 6.92 Å². The number of carboxylic acids is 1. The summed E-state index contributed by atoms with van der Waals surface area (Å²) in [5.74, 6) is -0.923. The van der Waals surface area contributed by atoms with Crippen LogP contribution in [0.1, 0.15) is 16.1 Å². The van der Waals surface area contributed by atoms with Crippen molar-refractivity contribution >= 4 is 11.6 Å². The molecule has 0 saturated heterocycles. The average Bonchev–Trinajstić information content (AvgIpc) is 2.42. The van der Waals surface area contributed by atoms with E-state index in [-0.39, 0.29) is 5.56 Å². The topological polar surface area (TPSA) is 54.6 Å². The first-order chi connectivity index (χ1) is 6.16. The molecule has 4 nitrogen and oxygen atoms in total. The number of carbonyl (C=O) groups is 1. The predicted molar refractivity (Wildman–Crippen MR) is 46.9 cm³/mol. The van der Waals surface area contributed by atoms with Crippen molar-refractivity contribution in [2.24, 2.45) is 0 Å². The summed E-state index contributed by atoms with van der Waals surface area (Å²) in [6.45, 7) is 1.87. The molecule has 0 spiro atoms. The minimum Gasteiger partial charge on any atom is -0.478 e. The number of nitrogens with zero attached hydrogens (tertiary/aromatic N) is 2. The summed E-state index contributed by atoms with van der Waals surface area (Å²) in [5.41, 5.74) is 1.91. The molecule has 0 radical (unpaired) electrons. The number of hydrogen-bond acceptors (Lipinski definition) is 2. The van der Waals surface area contributed by atoms with E-state index in [4.69, 9.17) is 5.11 Å². The Labute approximate surface area is 74.5 Å². The lowest BCUT2D eigenvalue weighted by Crippen LogP contribution is -1.97. The number of rotatable bonds is 1. The fourth-order valence-corrected chi connectivity index (χ4v) is 1.25. The van der Waals surface area contributed by atoms with Gasteiger partial charge in [-0.05, 0) is 19.1 Å². The number of aryl methyl sites for hydroxylation is 1. The molecule has 0 fully saturated rings. The number of hydrogen-bond donors (Lipinski definition) is 1. The molecular formula is C9H8N2O2. The van der Waals surface area contributed by atoms with Gasteiger partial charge in [0.25, 0.3) is 0 Å². The van der Waals surface area contributed by atoms with Gasteiger partial charge in [0.15, 0.2) is 0 Å². The van der Waals surface area contributed by atoms with Gasteiger partial charge in [-0.15, -0.1) is 0 Å². The molecule has 2 aromatic heterocycles. The van der Waals surface area contributed by atoms with Gasteiger partial charge in [-0.25, -0.2) is 9.78 Å². The average molecular weight is 176 g/mol. The maximum Gasteiger partial charge on any atom is 0.337 e. The molecule has 0 aliphatic heterocycles. The van der Waals surface area contributed by atoms with Gasteiger partial charge in [-0.3, -0.25) is 0 Å². The molecule has 4 heteroatoms. The number of aromatic nitrogens is 2. The van der Waals surface area contributed by atoms with Crippen molar-refractivity contribution in [3.8, 4) is 0 Å². The molecule has 0 bridgehead atoms. The smallest absolute Gasteiger partial charge is 0.337 e. The highest BCUT2D eigenvalue weighted by molar-refractivity contribution is 5.87. The minimum atomic E-state index is -0.923. The van der Waals surface area contributed by atoms with Gasteiger partial charge in [-0.1, -0.05) is 0 Å². The van der Waals surface area contributed by atoms with Crippen LogP contribution < -0.4 is 0 Å². The molecule has 0 saturated carbocycles. The summed E-state index contributed by atoms with van der Waals surface area (Å²) in [4.78, 5) is 14.8. The van der Waals surface area contributed by atoms with Crippen molar-refractivity contribution in [3.63, 3.8) is 0 Å². The predicted octanol–water partition coefficient (Wildman–Crippen LogP) is 1.34. The van der Waals surface area contributed by atoms with Crippen LogP contribution in [-0.4, -0.2) is 20.5 Å². The van der Waals surface area contributed by atoms with Crippen molar-refractivity contribution in [1.82, 2.24) is 9.38 Å². The number of pyridine rings is 1. The molecule has 13 heavy (non-hydrogen) atoms. The molecule has 66 valence electrons. The van der Waals surface area contributed by atoms with E-state index in [1.54, 1.807) is 28.9 Å². The van der Waals surface area contributed by atoms with Gasteiger partial charge in [0.2, 0.25) is 0 Å². The molecule has 0 amide bonds. The molecule has 0 aliphatic rings. The SMILES string of the molecule is Cc1cn2cc(C(=O)O)ccc2n1. The highest BCUT2D eigenvalue weighted by Crippen LogP contribution is 2.06. The van der Waals surface area contributed by atoms with Crippen molar-refractivity contribution in [1.29, 1.82) is 0 Å². The normalized spacial score (nSPS) is 10.5. The van der Waals surface area contributed by atoms with Crippen LogP contribution in [0, 0.1) is 6.92 Å². The number of fused-ring (bicyclic) bond motifs is 1. The van der Waals surface area contributed by atoms with Gasteiger partial charge < -0.3 is 9.51 Å². The second-order valence-corrected chi connectivity index (χ2v) is 2.87. The zero-order valence-corrected chi connectivity index (χ0v) is 7.06. The maximum atomic E-state index is 10.6. The monoisotopic (exact) mass is 176 g/mol. The fourth-order valence-electron chi connectivity index (χ4n) is 1.25. The summed E-state index contributed by atoms with van der Waals surface area (Å²) in [5, 5.41) is 8.72. The summed E-state index contributed by atoms with van der Waals surface area (Å²) in [7, 11) is 0. The zero-order valence-electron chi connectivity index (χ0n) is 7.06. The molecule has 0 atom stereocenters. The minimum absolute atomic E-state index is 0.268. The Morgan fingerprint density at radius 3 is 2.92 bits per heavy atom. The van der Waals surface area contributed by atoms with E-state index < -0.39 is 5.97 Å². The Hall–Kier alpha value is -1.84. The standard InChI is InChI=1S/C9H8N2O2/c1-6-4-11-5-7(9(12)13)2-3-8(11)10-6/h2-5H,1H3,(H,12,13). The first-order valence-electron chi connectivity index (χ1n) is 3.85. The van der Waals surface area contributed by atoms with Crippen LogP contribution in [0.5, 0.6) is 0 Å². The molecule has 2 rings (SSSR count). The van der Waals surface area contributed by atoms with E-state index in [0.717, 1.165) is 11.3 Å². The number of imidazole rings is 1. The second-order valence-electron chi connectivity index (χ2n) is 2.87. The fraction of sp³-hybridized carbons (Fsp3) is 0.111. The lowest BCUT2D eigenvalue weighted by atomic mass is 10.3. The van der Waals surface area contributed by atoms with Crippen molar-refractivity contribution in [2.75, 3.05) is 0 Å². The molecule has 2 heterocycles. The maximum absolute atomic E-state index is 10.6. The Balaban J connectivity index is 2.67. The van der Waals surface area contributed by atoms with Crippen LogP contribution in [-0.2, 0) is 0 Å². The Bertz CT molecular complexity index is 473. The highest BCUT2D eigenvalue weighted by Gasteiger charge is 2.04. The highest BCUT2D eigenvalue weighted by atomic mass is 16.4. The quantitative estimate of drug-likeness (QED) is 0.713. The van der Waals surface area contributed by atoms with Gasteiger partial charge in [-0.2, -0.15) is 0 Å². The summed E-state index contributed by atoms with van der Waals surface area (Å²) in [6.07, 6.45) is 3.35. The lowest BCUT2D eigenvalue weighted by Gasteiger charge is -1.95. The summed E-state index contributed by atoms with van der Waals surface area (Å²) < 4.78 is 1.71. The van der Waals surface area contributed by atoms with E-state index in [9.17, 15) is 4.79 Å². The third-order valence-electron chi connectivity index (χ3n) is 1.82. The van der Waals surface area contributed by atoms with Gasteiger partial charge >= 0.3 is 5.97 Å². The van der Waals surface area contributed by atoms with Crippen LogP contribution >= 0.6 is 0 Å². The van der Waals surface area contributed by atoms with Crippen LogP contribution in [0.3, 0.4) is 0 Å². The van der Waals surface area contributed by atoms with Crippen LogP contribution in [0.15, 0.2) is 24.5 Å². The van der Waals surface area contributed by atoms with Crippen LogP contribution in [0.2, 0.25) is 0 Å². The van der Waals surface area contributed by atoms with Gasteiger partial charge in [0.05, 0.1) is 11.3 Å². The molecule has 1 N–H and O–H groups in total. The largest absolute Gasteiger partial charge is 0.478 e. The molecular weight excluding hydrogens is 168 g/mol. The Kier molecular flexibility index (Phi) is 1.55. The first-order valence-corrected chi connectivity index (χ1v) is 3.85. The lowest BCUT2D eigenvalue weighted by molar-refractivity contribution is 0.0696. The van der Waals surface area contributed by atoms with Crippen LogP contribution in [0.25, 0.3) is 5.65 Å². The van der Waals surface area contributed by atoms with E-state index in [2.05, 4.69) is 4.98 Å². The number of aromatic carboxylic acids is 1. The molecule has 2 aromatic rings. The van der Waals surface area contributed by atoms with Gasteiger partial charge in [0.1, 0.15) is 5.65 Å². The third-order valence-corrected chi connectivity index (χ3v) is 1.82. The van der Waals surface area contributed by atoms with Gasteiger partial charge in [0, 0.05) is 12.4 Å². The summed E-state index contributed by atoms with van der Waals surface area (Å²) in [6, 6.07) is 3.24. The first kappa shape index (κ1) is 7.79. The van der Waals surface area contributed by atoms with E-state index >= 15 is 0 Å². The molecule has 0 aliphatic carbocycles. The third kappa shape index (κ3) is 1.26. The van der Waals surface area contributed by atoms with Crippen LogP contribution in [0.4, 0.5) is 0 Å². The van der Waals surface area contributed by atoms with E-state index in [1.807, 2.05) is 6.92 Å². The summed E-state index contributed by atoms with van der Waals surface area (Å²) >= 11 is 0. The second kappa shape index (κ2) is 2.58. The molecule has 0 unspecified atom stereocenters. The van der Waals surface area contributed by atoms with Crippen molar-refractivity contribution in [3.05, 3.63) is 35.8 Å². The van der Waals surface area contributed by atoms with E-state index in [1.165, 1.54) is 0 Å². The van der Waals surface area contributed by atoms with E-state index in [0.29, 0.717) is 0 Å². The Morgan fingerprint density at radius 2 is 2.23 bits per heavy atom. The Morgan fingerprint density at radius 1 is 1.46 bits per heavy atom. The number of carboxylic acid groups (broad SMARTS) is 1.